The maximum absolute atomic E-state index is 14.2. The summed E-state index contributed by atoms with van der Waals surface area (Å²) in [6, 6.07) is 9.21. The number of carboxylic acid groups (broad SMARTS) is 1. The molecule has 0 aliphatic carbocycles. The molecule has 0 bridgehead atoms. The van der Waals surface area contributed by atoms with Gasteiger partial charge in [0.05, 0.1) is 18.0 Å². The monoisotopic (exact) mass is 648 g/mol. The smallest absolute Gasteiger partial charge is 0.308 e. The Morgan fingerprint density at radius 2 is 1.75 bits per heavy atom. The first-order valence-corrected chi connectivity index (χ1v) is 15.2. The molecule has 234 valence electrons. The second-order valence-corrected chi connectivity index (χ2v) is 12.8. The number of ether oxygens (including phenoxy) is 1. The van der Waals surface area contributed by atoms with Crippen LogP contribution in [0, 0.1) is 17.0 Å². The molecule has 0 saturated carbocycles. The first-order valence-electron chi connectivity index (χ1n) is 13.4. The molecule has 1 aliphatic rings. The van der Waals surface area contributed by atoms with Crippen molar-refractivity contribution in [3.8, 4) is 17.0 Å². The Morgan fingerprint density at radius 3 is 2.36 bits per heavy atom. The molecule has 15 heteroatoms. The number of carbonyl (C=O) groups is 1. The number of piperazine rings is 1. The molecule has 0 unspecified atom stereocenters. The molecule has 0 atom stereocenters. The Balaban J connectivity index is 0.000000566. The van der Waals surface area contributed by atoms with Gasteiger partial charge in [0, 0.05) is 49.4 Å². The minimum atomic E-state index is -4.41. The van der Waals surface area contributed by atoms with Gasteiger partial charge in [-0.15, -0.1) is 0 Å². The van der Waals surface area contributed by atoms with Crippen molar-refractivity contribution in [2.45, 2.75) is 25.7 Å². The largest absolute Gasteiger partial charge is 0.481 e. The second kappa shape index (κ2) is 13.2. The lowest BCUT2D eigenvalue weighted by molar-refractivity contribution is -0.145. The summed E-state index contributed by atoms with van der Waals surface area (Å²) < 4.78 is 60.8. The average molecular weight is 649 g/mol. The van der Waals surface area contributed by atoms with E-state index in [9.17, 15) is 22.0 Å². The van der Waals surface area contributed by atoms with E-state index in [-0.39, 0.29) is 16.9 Å². The molecule has 1 saturated heterocycles. The predicted molar refractivity (Wildman–Crippen MR) is 164 cm³/mol. The predicted octanol–water partition coefficient (Wildman–Crippen LogP) is 4.96. The molecular weight excluding hydrogens is 618 g/mol. The van der Waals surface area contributed by atoms with E-state index >= 15 is 0 Å². The van der Waals surface area contributed by atoms with Crippen LogP contribution in [-0.2, 0) is 14.8 Å². The number of aliphatic carboxylic acids is 1. The van der Waals surface area contributed by atoms with Crippen LogP contribution in [-0.4, -0.2) is 67.7 Å². The van der Waals surface area contributed by atoms with Gasteiger partial charge in [0.15, 0.2) is 0 Å². The second-order valence-electron chi connectivity index (χ2n) is 10.8. The first-order chi connectivity index (χ1) is 20.7. The Bertz CT molecular complexity index is 1800. The van der Waals surface area contributed by atoms with E-state index in [2.05, 4.69) is 29.9 Å². The number of sulfonamides is 1. The van der Waals surface area contributed by atoms with Gasteiger partial charge < -0.3 is 20.1 Å². The molecule has 0 spiro atoms. The molecule has 5 rings (SSSR count). The number of methoxy groups -OCH3 is 1. The van der Waals surface area contributed by atoms with Gasteiger partial charge in [-0.1, -0.05) is 6.07 Å². The van der Waals surface area contributed by atoms with E-state index in [1.807, 2.05) is 6.07 Å². The molecule has 0 amide bonds. The highest BCUT2D eigenvalue weighted by Crippen LogP contribution is 2.34. The summed E-state index contributed by atoms with van der Waals surface area (Å²) in [5.74, 6) is -2.18. The fourth-order valence-electron chi connectivity index (χ4n) is 4.12. The minimum Gasteiger partial charge on any atom is -0.481 e. The highest BCUT2D eigenvalue weighted by molar-refractivity contribution is 7.92. The number of hydrogen-bond donors (Lipinski definition) is 3. The van der Waals surface area contributed by atoms with Crippen LogP contribution in [0.1, 0.15) is 20.8 Å². The van der Waals surface area contributed by atoms with Crippen LogP contribution in [0.25, 0.3) is 22.0 Å². The maximum atomic E-state index is 14.2. The molecule has 2 aromatic carbocycles. The number of fused-ring (bicyclic) bond motifs is 1. The molecular formula is C29H31ClF2N6O5S. The Morgan fingerprint density at radius 1 is 1.07 bits per heavy atom. The molecule has 2 aromatic heterocycles. The van der Waals surface area contributed by atoms with Crippen molar-refractivity contribution < 1.29 is 31.8 Å². The maximum Gasteiger partial charge on any atom is 0.308 e. The van der Waals surface area contributed by atoms with E-state index in [0.29, 0.717) is 28.5 Å². The van der Waals surface area contributed by atoms with Crippen molar-refractivity contribution in [3.05, 3.63) is 65.6 Å². The van der Waals surface area contributed by atoms with Gasteiger partial charge in [-0.05, 0) is 68.3 Å². The number of pyridine rings is 1. The van der Waals surface area contributed by atoms with Crippen LogP contribution in [0.5, 0.6) is 5.88 Å². The van der Waals surface area contributed by atoms with Gasteiger partial charge in [0.25, 0.3) is 10.0 Å². The first kappa shape index (κ1) is 32.8. The zero-order valence-electron chi connectivity index (χ0n) is 24.4. The van der Waals surface area contributed by atoms with Gasteiger partial charge in [-0.3, -0.25) is 9.52 Å². The lowest BCUT2D eigenvalue weighted by Crippen LogP contribution is -2.44. The van der Waals surface area contributed by atoms with Crippen LogP contribution in [0.4, 0.5) is 20.3 Å². The summed E-state index contributed by atoms with van der Waals surface area (Å²) in [5.41, 5.74) is 1.32. The summed E-state index contributed by atoms with van der Waals surface area (Å²) >= 11 is 6.18. The van der Waals surface area contributed by atoms with Crippen LogP contribution in [0.3, 0.4) is 0 Å². The molecule has 1 fully saturated rings. The molecule has 3 heterocycles. The molecule has 4 aromatic rings. The Kier molecular flexibility index (Phi) is 9.86. The van der Waals surface area contributed by atoms with Gasteiger partial charge in [0.1, 0.15) is 28.0 Å². The van der Waals surface area contributed by atoms with Gasteiger partial charge in [-0.2, -0.15) is 4.98 Å². The third-order valence-electron chi connectivity index (χ3n) is 6.51. The van der Waals surface area contributed by atoms with Crippen molar-refractivity contribution in [2.75, 3.05) is 42.9 Å². The average Bonchev–Trinajstić information content (AvgIpc) is 2.96. The van der Waals surface area contributed by atoms with Gasteiger partial charge in [-0.25, -0.2) is 27.2 Å². The number of aromatic nitrogens is 3. The third kappa shape index (κ3) is 7.68. The highest BCUT2D eigenvalue weighted by Gasteiger charge is 2.23. The number of benzene rings is 2. The number of anilines is 2. The normalized spacial score (nSPS) is 13.7. The molecule has 1 aliphatic heterocycles. The fraction of sp³-hybridized carbons (Fsp3) is 0.310. The van der Waals surface area contributed by atoms with E-state index < -0.39 is 37.9 Å². The van der Waals surface area contributed by atoms with Crippen molar-refractivity contribution in [3.63, 3.8) is 0 Å². The summed E-state index contributed by atoms with van der Waals surface area (Å²) in [6.07, 6.45) is 1.53. The minimum absolute atomic E-state index is 0.0153. The zero-order valence-corrected chi connectivity index (χ0v) is 25.9. The van der Waals surface area contributed by atoms with E-state index in [1.165, 1.54) is 19.4 Å². The summed E-state index contributed by atoms with van der Waals surface area (Å²) in [4.78, 5) is 24.5. The van der Waals surface area contributed by atoms with Crippen molar-refractivity contribution in [1.82, 2.24) is 20.3 Å². The lowest BCUT2D eigenvalue weighted by Gasteiger charge is -2.29. The van der Waals surface area contributed by atoms with Crippen LogP contribution >= 0.6 is 11.6 Å². The highest BCUT2D eigenvalue weighted by atomic mass is 35.5. The van der Waals surface area contributed by atoms with Crippen molar-refractivity contribution >= 4 is 50.0 Å². The lowest BCUT2D eigenvalue weighted by atomic mass is 9.98. The number of halogens is 3. The number of carboxylic acids is 1. The topological polar surface area (TPSA) is 147 Å². The van der Waals surface area contributed by atoms with Crippen LogP contribution in [0.2, 0.25) is 5.28 Å². The fourth-order valence-corrected chi connectivity index (χ4v) is 5.40. The molecule has 44 heavy (non-hydrogen) atoms. The Hall–Kier alpha value is -4.14. The van der Waals surface area contributed by atoms with Crippen LogP contribution in [0.15, 0.2) is 53.6 Å². The number of rotatable bonds is 6. The van der Waals surface area contributed by atoms with Crippen LogP contribution < -0.4 is 19.7 Å². The van der Waals surface area contributed by atoms with E-state index in [1.54, 1.807) is 32.9 Å². The third-order valence-corrected chi connectivity index (χ3v) is 8.08. The van der Waals surface area contributed by atoms with Gasteiger partial charge >= 0.3 is 5.97 Å². The Labute approximate surface area is 258 Å². The molecule has 3 N–H and O–H groups in total. The number of hydrogen-bond acceptors (Lipinski definition) is 9. The standard InChI is InChI=1S/C24H21ClF2N6O3S.C5H10O2/c1-36-23-20(32-37(34,35)21-5-3-16(26)12-18(21)27)11-15(13-29-23)14-2-4-19-17(10-14)22(31-24(25)30-19)33-8-6-28-7-9-33;1-5(2,3)4(6)7/h2-5,10-13,28,32H,6-9H2,1H3;1-3H3,(H,6,7). The quantitative estimate of drug-likeness (QED) is 0.245. The summed E-state index contributed by atoms with van der Waals surface area (Å²) in [7, 11) is -3.08. The summed E-state index contributed by atoms with van der Waals surface area (Å²) in [6.45, 7) is 8.11. The SMILES string of the molecule is CC(C)(C)C(=O)O.COc1ncc(-c2ccc3nc(Cl)nc(N4CCNCC4)c3c2)cc1NS(=O)(=O)c1ccc(F)cc1F. The van der Waals surface area contributed by atoms with E-state index in [0.717, 1.165) is 43.7 Å². The van der Waals surface area contributed by atoms with Gasteiger partial charge in [0.2, 0.25) is 11.2 Å². The summed E-state index contributed by atoms with van der Waals surface area (Å²) in [5, 5.41) is 12.5. The molecule has 0 radical (unpaired) electrons. The molecule has 11 nitrogen and oxygen atoms in total. The number of nitrogens with zero attached hydrogens (tertiary/aromatic N) is 4. The zero-order chi connectivity index (χ0) is 32.2. The van der Waals surface area contributed by atoms with E-state index in [4.69, 9.17) is 21.4 Å². The van der Waals surface area contributed by atoms with Crippen molar-refractivity contribution in [2.24, 2.45) is 5.41 Å². The number of nitrogens with one attached hydrogen (secondary N) is 2. The van der Waals surface area contributed by atoms with Crippen molar-refractivity contribution in [1.29, 1.82) is 0 Å².